The molecule has 0 radical (unpaired) electrons. The Kier molecular flexibility index (Phi) is 4.94. The first-order valence-electron chi connectivity index (χ1n) is 6.75. The molecule has 0 spiro atoms. The van der Waals surface area contributed by atoms with Crippen LogP contribution in [0.15, 0.2) is 41.5 Å². The lowest BCUT2D eigenvalue weighted by Gasteiger charge is -2.32. The first-order chi connectivity index (χ1) is 9.45. The minimum absolute atomic E-state index is 0.166. The fraction of sp³-hybridized carbons (Fsp3) is 0.467. The Bertz CT molecular complexity index is 514. The van der Waals surface area contributed by atoms with E-state index in [1.807, 2.05) is 37.1 Å². The van der Waals surface area contributed by atoms with Crippen LogP contribution in [0.2, 0.25) is 0 Å². The van der Waals surface area contributed by atoms with E-state index in [2.05, 4.69) is 56.6 Å². The van der Waals surface area contributed by atoms with Gasteiger partial charge < -0.3 is 9.88 Å². The van der Waals surface area contributed by atoms with Gasteiger partial charge in [-0.1, -0.05) is 20.8 Å². The van der Waals surface area contributed by atoms with Crippen LogP contribution in [0.4, 0.5) is 0 Å². The number of rotatable bonds is 5. The fourth-order valence-electron chi connectivity index (χ4n) is 1.99. The molecule has 108 valence electrons. The Labute approximate surface area is 128 Å². The van der Waals surface area contributed by atoms with E-state index in [1.165, 1.54) is 0 Å². The van der Waals surface area contributed by atoms with E-state index in [-0.39, 0.29) is 5.41 Å². The van der Waals surface area contributed by atoms with E-state index in [9.17, 15) is 0 Å². The van der Waals surface area contributed by atoms with Crippen LogP contribution in [-0.2, 0) is 13.1 Å². The van der Waals surface area contributed by atoms with Crippen LogP contribution in [0.5, 0.6) is 0 Å². The van der Waals surface area contributed by atoms with Gasteiger partial charge in [0, 0.05) is 42.2 Å². The van der Waals surface area contributed by atoms with Crippen molar-refractivity contribution in [3.63, 3.8) is 0 Å². The Morgan fingerprint density at radius 2 is 2.15 bits per heavy atom. The van der Waals surface area contributed by atoms with Gasteiger partial charge in [0.1, 0.15) is 0 Å². The minimum Gasteiger partial charge on any atom is -0.336 e. The molecule has 0 saturated heterocycles. The standard InChI is InChI=1S/C15H21BrN4/c1-15(2,3)14(10-20-7-6-17-11-20)19-9-13-5-4-12(16)8-18-13/h4-8,11,14,19H,9-10H2,1-3H3. The summed E-state index contributed by atoms with van der Waals surface area (Å²) in [5, 5.41) is 3.61. The number of imidazole rings is 1. The van der Waals surface area contributed by atoms with Gasteiger partial charge in [-0.2, -0.15) is 0 Å². The summed E-state index contributed by atoms with van der Waals surface area (Å²) >= 11 is 3.40. The average molecular weight is 337 g/mol. The second kappa shape index (κ2) is 6.50. The summed E-state index contributed by atoms with van der Waals surface area (Å²) in [5.41, 5.74) is 1.22. The van der Waals surface area contributed by atoms with Crippen molar-refractivity contribution in [2.24, 2.45) is 5.41 Å². The second-order valence-corrected chi connectivity index (χ2v) is 6.94. The molecule has 0 bridgehead atoms. The Hall–Kier alpha value is -1.20. The molecule has 0 aliphatic rings. The number of pyridine rings is 1. The van der Waals surface area contributed by atoms with Gasteiger partial charge in [0.15, 0.2) is 0 Å². The van der Waals surface area contributed by atoms with Crippen molar-refractivity contribution in [3.8, 4) is 0 Å². The smallest absolute Gasteiger partial charge is 0.0946 e. The normalized spacial score (nSPS) is 13.4. The number of nitrogens with zero attached hydrogens (tertiary/aromatic N) is 3. The van der Waals surface area contributed by atoms with Crippen molar-refractivity contribution in [2.75, 3.05) is 0 Å². The highest BCUT2D eigenvalue weighted by Crippen LogP contribution is 2.21. The molecule has 4 nitrogen and oxygen atoms in total. The van der Waals surface area contributed by atoms with Gasteiger partial charge in [0.25, 0.3) is 0 Å². The lowest BCUT2D eigenvalue weighted by Crippen LogP contribution is -2.43. The summed E-state index contributed by atoms with van der Waals surface area (Å²) in [6.07, 6.45) is 7.51. The van der Waals surface area contributed by atoms with Crippen LogP contribution in [0.1, 0.15) is 26.5 Å². The average Bonchev–Trinajstić information content (AvgIpc) is 2.88. The van der Waals surface area contributed by atoms with Crippen molar-refractivity contribution >= 4 is 15.9 Å². The summed E-state index contributed by atoms with van der Waals surface area (Å²) in [6, 6.07) is 4.40. The quantitative estimate of drug-likeness (QED) is 0.911. The molecule has 0 saturated carbocycles. The first kappa shape index (κ1) is 15.2. The van der Waals surface area contributed by atoms with Crippen LogP contribution in [0, 0.1) is 5.41 Å². The van der Waals surface area contributed by atoms with Gasteiger partial charge in [-0.15, -0.1) is 0 Å². The van der Waals surface area contributed by atoms with Crippen LogP contribution in [0.25, 0.3) is 0 Å². The second-order valence-electron chi connectivity index (χ2n) is 6.03. The number of nitrogens with one attached hydrogen (secondary N) is 1. The highest BCUT2D eigenvalue weighted by Gasteiger charge is 2.24. The lowest BCUT2D eigenvalue weighted by atomic mass is 9.86. The van der Waals surface area contributed by atoms with E-state index < -0.39 is 0 Å². The van der Waals surface area contributed by atoms with Crippen LogP contribution in [0.3, 0.4) is 0 Å². The van der Waals surface area contributed by atoms with Gasteiger partial charge in [0.2, 0.25) is 0 Å². The number of halogens is 1. The molecule has 0 aromatic carbocycles. The van der Waals surface area contributed by atoms with Crippen LogP contribution in [-0.4, -0.2) is 20.6 Å². The Morgan fingerprint density at radius 1 is 1.35 bits per heavy atom. The predicted octanol–water partition coefficient (Wildman–Crippen LogP) is 3.25. The molecule has 20 heavy (non-hydrogen) atoms. The largest absolute Gasteiger partial charge is 0.336 e. The summed E-state index contributed by atoms with van der Waals surface area (Å²) in [6.45, 7) is 8.41. The van der Waals surface area contributed by atoms with Crippen LogP contribution < -0.4 is 5.32 Å². The van der Waals surface area contributed by atoms with Crippen molar-refractivity contribution in [2.45, 2.75) is 39.9 Å². The van der Waals surface area contributed by atoms with Gasteiger partial charge in [-0.3, -0.25) is 4.98 Å². The van der Waals surface area contributed by atoms with E-state index >= 15 is 0 Å². The molecule has 2 rings (SSSR count). The van der Waals surface area contributed by atoms with Gasteiger partial charge >= 0.3 is 0 Å². The Morgan fingerprint density at radius 3 is 2.70 bits per heavy atom. The molecule has 2 heterocycles. The molecule has 1 N–H and O–H groups in total. The van der Waals surface area contributed by atoms with Crippen LogP contribution >= 0.6 is 15.9 Å². The topological polar surface area (TPSA) is 42.7 Å². The molecule has 5 heteroatoms. The minimum atomic E-state index is 0.166. The molecule has 0 amide bonds. The molecule has 0 aliphatic heterocycles. The number of hydrogen-bond donors (Lipinski definition) is 1. The first-order valence-corrected chi connectivity index (χ1v) is 7.54. The Balaban J connectivity index is 1.99. The van der Waals surface area contributed by atoms with Crippen molar-refractivity contribution in [3.05, 3.63) is 47.2 Å². The lowest BCUT2D eigenvalue weighted by molar-refractivity contribution is 0.239. The van der Waals surface area contributed by atoms with E-state index in [0.717, 1.165) is 23.3 Å². The molecule has 2 aromatic rings. The zero-order chi connectivity index (χ0) is 14.6. The molecule has 0 fully saturated rings. The third-order valence-electron chi connectivity index (χ3n) is 3.32. The third kappa shape index (κ3) is 4.42. The number of hydrogen-bond acceptors (Lipinski definition) is 3. The van der Waals surface area contributed by atoms with Crippen molar-refractivity contribution in [1.29, 1.82) is 0 Å². The zero-order valence-electron chi connectivity index (χ0n) is 12.2. The van der Waals surface area contributed by atoms with Gasteiger partial charge in [-0.05, 0) is 33.5 Å². The zero-order valence-corrected chi connectivity index (χ0v) is 13.8. The summed E-state index contributed by atoms with van der Waals surface area (Å²) in [7, 11) is 0. The van der Waals surface area contributed by atoms with Crippen molar-refractivity contribution < 1.29 is 0 Å². The maximum atomic E-state index is 4.40. The summed E-state index contributed by atoms with van der Waals surface area (Å²) in [5.74, 6) is 0. The predicted molar refractivity (Wildman–Crippen MR) is 84.2 cm³/mol. The molecular weight excluding hydrogens is 316 g/mol. The molecule has 1 atom stereocenters. The molecule has 1 unspecified atom stereocenters. The SMILES string of the molecule is CC(C)(C)C(Cn1ccnc1)NCc1ccc(Br)cn1. The van der Waals surface area contributed by atoms with Crippen molar-refractivity contribution in [1.82, 2.24) is 19.9 Å². The van der Waals surface area contributed by atoms with E-state index in [0.29, 0.717) is 6.04 Å². The highest BCUT2D eigenvalue weighted by atomic mass is 79.9. The fourth-order valence-corrected chi connectivity index (χ4v) is 2.22. The van der Waals surface area contributed by atoms with E-state index in [4.69, 9.17) is 0 Å². The van der Waals surface area contributed by atoms with Gasteiger partial charge in [-0.25, -0.2) is 4.98 Å². The maximum absolute atomic E-state index is 4.40. The highest BCUT2D eigenvalue weighted by molar-refractivity contribution is 9.10. The van der Waals surface area contributed by atoms with Gasteiger partial charge in [0.05, 0.1) is 12.0 Å². The maximum Gasteiger partial charge on any atom is 0.0946 e. The summed E-state index contributed by atoms with van der Waals surface area (Å²) in [4.78, 5) is 8.50. The van der Waals surface area contributed by atoms with E-state index in [1.54, 1.807) is 0 Å². The summed E-state index contributed by atoms with van der Waals surface area (Å²) < 4.78 is 3.12. The molecule has 2 aromatic heterocycles. The number of aromatic nitrogens is 3. The molecular formula is C15H21BrN4. The monoisotopic (exact) mass is 336 g/mol. The third-order valence-corrected chi connectivity index (χ3v) is 3.79. The molecule has 0 aliphatic carbocycles.